The highest BCUT2D eigenvalue weighted by molar-refractivity contribution is 5.86. The lowest BCUT2D eigenvalue weighted by atomic mass is 10.1. The lowest BCUT2D eigenvalue weighted by molar-refractivity contribution is 0.0488. The summed E-state index contributed by atoms with van der Waals surface area (Å²) < 4.78 is 23.5. The van der Waals surface area contributed by atoms with E-state index in [9.17, 15) is 9.18 Å². The van der Waals surface area contributed by atoms with Gasteiger partial charge in [0, 0.05) is 12.1 Å². The summed E-state index contributed by atoms with van der Waals surface area (Å²) in [4.78, 5) is 11.5. The Bertz CT molecular complexity index is 639. The van der Waals surface area contributed by atoms with Gasteiger partial charge in [0.1, 0.15) is 11.6 Å². The minimum Gasteiger partial charge on any atom is -0.460 e. The molecule has 2 N–H and O–H groups in total. The Morgan fingerprint density at radius 3 is 2.86 bits per heavy atom. The third-order valence-corrected chi connectivity index (χ3v) is 3.05. The fourth-order valence-corrected chi connectivity index (χ4v) is 1.97. The van der Waals surface area contributed by atoms with Crippen molar-refractivity contribution < 1.29 is 23.4 Å². The number of carbonyl (C=O) groups is 1. The number of hydrogen-bond acceptors (Lipinski definition) is 5. The van der Waals surface area contributed by atoms with Crippen LogP contribution < -0.4 is 5.32 Å². The Morgan fingerprint density at radius 2 is 2.14 bits per heavy atom. The average molecular weight is 307 g/mol. The molecule has 0 aliphatic rings. The third kappa shape index (κ3) is 4.16. The number of aliphatic hydroxyl groups is 1. The van der Waals surface area contributed by atoms with Crippen LogP contribution in [0.15, 0.2) is 34.7 Å². The number of aliphatic hydroxyl groups excluding tert-OH is 1. The first-order chi connectivity index (χ1) is 10.6. The lowest BCUT2D eigenvalue weighted by Crippen LogP contribution is -2.12. The van der Waals surface area contributed by atoms with Gasteiger partial charge >= 0.3 is 5.97 Å². The molecule has 0 atom stereocenters. The summed E-state index contributed by atoms with van der Waals surface area (Å²) in [6, 6.07) is 7.84. The molecule has 0 saturated heterocycles. The summed E-state index contributed by atoms with van der Waals surface area (Å²) in [6.45, 7) is 2.60. The second-order valence-corrected chi connectivity index (χ2v) is 4.67. The molecule has 0 unspecified atom stereocenters. The fraction of sp³-hybridized carbons (Fsp3) is 0.312. The Hall–Kier alpha value is -2.18. The summed E-state index contributed by atoms with van der Waals surface area (Å²) in [5.74, 6) is -0.133. The van der Waals surface area contributed by atoms with Gasteiger partial charge < -0.3 is 19.6 Å². The van der Waals surface area contributed by atoms with Crippen LogP contribution in [0.25, 0.3) is 0 Å². The maximum atomic E-state index is 13.3. The van der Waals surface area contributed by atoms with Gasteiger partial charge in [0.05, 0.1) is 19.8 Å². The molecule has 5 nitrogen and oxygen atoms in total. The number of rotatable bonds is 7. The zero-order valence-corrected chi connectivity index (χ0v) is 12.3. The SMILES string of the molecule is CCOC(=O)c1ccc(CNCc2ccc(F)c(CO)c2)o1. The van der Waals surface area contributed by atoms with E-state index in [1.807, 2.05) is 0 Å². The normalized spacial score (nSPS) is 10.7. The molecule has 2 aromatic rings. The Labute approximate surface area is 127 Å². The van der Waals surface area contributed by atoms with Crippen molar-refractivity contribution in [1.29, 1.82) is 0 Å². The van der Waals surface area contributed by atoms with Crippen LogP contribution in [0.5, 0.6) is 0 Å². The van der Waals surface area contributed by atoms with Crippen LogP contribution in [-0.4, -0.2) is 17.7 Å². The Morgan fingerprint density at radius 1 is 1.32 bits per heavy atom. The standard InChI is InChI=1S/C16H18FNO4/c1-2-21-16(20)15-6-4-13(22-15)9-18-8-11-3-5-14(17)12(7-11)10-19/h3-7,18-19H,2,8-10H2,1H3. The summed E-state index contributed by atoms with van der Waals surface area (Å²) in [5, 5.41) is 12.1. The topological polar surface area (TPSA) is 71.7 Å². The number of halogens is 1. The highest BCUT2D eigenvalue weighted by atomic mass is 19.1. The van der Waals surface area contributed by atoms with Crippen LogP contribution in [0, 0.1) is 5.82 Å². The molecule has 0 radical (unpaired) electrons. The van der Waals surface area contributed by atoms with Gasteiger partial charge in [-0.05, 0) is 36.8 Å². The minimum absolute atomic E-state index is 0.169. The molecule has 0 aliphatic carbocycles. The number of nitrogens with one attached hydrogen (secondary N) is 1. The summed E-state index contributed by atoms with van der Waals surface area (Å²) >= 11 is 0. The van der Waals surface area contributed by atoms with Crippen molar-refractivity contribution in [3.63, 3.8) is 0 Å². The molecule has 6 heteroatoms. The zero-order chi connectivity index (χ0) is 15.9. The molecule has 0 aliphatic heterocycles. The number of benzene rings is 1. The molecule has 118 valence electrons. The van der Waals surface area contributed by atoms with Crippen molar-refractivity contribution in [3.05, 3.63) is 58.8 Å². The molecule has 0 spiro atoms. The van der Waals surface area contributed by atoms with Gasteiger partial charge in [-0.2, -0.15) is 0 Å². The van der Waals surface area contributed by atoms with E-state index in [1.165, 1.54) is 6.07 Å². The van der Waals surface area contributed by atoms with Crippen molar-refractivity contribution >= 4 is 5.97 Å². The second kappa shape index (κ2) is 7.72. The summed E-state index contributed by atoms with van der Waals surface area (Å²) in [5.41, 5.74) is 1.12. The minimum atomic E-state index is -0.486. The van der Waals surface area contributed by atoms with Gasteiger partial charge in [-0.3, -0.25) is 0 Å². The van der Waals surface area contributed by atoms with E-state index in [4.69, 9.17) is 14.3 Å². The first-order valence-electron chi connectivity index (χ1n) is 6.98. The van der Waals surface area contributed by atoms with E-state index in [0.29, 0.717) is 25.5 Å². The Balaban J connectivity index is 1.87. The Kier molecular flexibility index (Phi) is 5.68. The van der Waals surface area contributed by atoms with Crippen molar-refractivity contribution in [2.45, 2.75) is 26.6 Å². The maximum absolute atomic E-state index is 13.3. The molecule has 0 saturated carbocycles. The zero-order valence-electron chi connectivity index (χ0n) is 12.3. The molecular weight excluding hydrogens is 289 g/mol. The molecule has 2 rings (SSSR count). The predicted octanol–water partition coefficient (Wildman–Crippen LogP) is 2.38. The van der Waals surface area contributed by atoms with Crippen molar-refractivity contribution in [1.82, 2.24) is 5.32 Å². The predicted molar refractivity (Wildman–Crippen MR) is 77.5 cm³/mol. The molecule has 22 heavy (non-hydrogen) atoms. The van der Waals surface area contributed by atoms with Gasteiger partial charge in [0.15, 0.2) is 0 Å². The van der Waals surface area contributed by atoms with Crippen LogP contribution in [0.1, 0.15) is 34.4 Å². The number of carbonyl (C=O) groups excluding carboxylic acids is 1. The van der Waals surface area contributed by atoms with E-state index in [1.54, 1.807) is 31.2 Å². The van der Waals surface area contributed by atoms with Crippen LogP contribution in [-0.2, 0) is 24.4 Å². The largest absolute Gasteiger partial charge is 0.460 e. The molecule has 1 aromatic heterocycles. The van der Waals surface area contributed by atoms with Crippen LogP contribution in [0.4, 0.5) is 4.39 Å². The van der Waals surface area contributed by atoms with Gasteiger partial charge in [-0.25, -0.2) is 9.18 Å². The van der Waals surface area contributed by atoms with Gasteiger partial charge in [0.2, 0.25) is 5.76 Å². The van der Waals surface area contributed by atoms with Crippen molar-refractivity contribution in [3.8, 4) is 0 Å². The first-order valence-corrected chi connectivity index (χ1v) is 6.98. The monoisotopic (exact) mass is 307 g/mol. The van der Waals surface area contributed by atoms with Gasteiger partial charge in [-0.15, -0.1) is 0 Å². The van der Waals surface area contributed by atoms with Crippen LogP contribution >= 0.6 is 0 Å². The highest BCUT2D eigenvalue weighted by Gasteiger charge is 2.11. The first kappa shape index (κ1) is 16.2. The van der Waals surface area contributed by atoms with E-state index in [0.717, 1.165) is 5.56 Å². The summed E-state index contributed by atoms with van der Waals surface area (Å²) in [7, 11) is 0. The van der Waals surface area contributed by atoms with E-state index < -0.39 is 11.8 Å². The average Bonchev–Trinajstić information content (AvgIpc) is 2.98. The molecule has 1 aromatic carbocycles. The van der Waals surface area contributed by atoms with E-state index in [2.05, 4.69) is 5.32 Å². The van der Waals surface area contributed by atoms with E-state index in [-0.39, 0.29) is 17.9 Å². The maximum Gasteiger partial charge on any atom is 0.374 e. The second-order valence-electron chi connectivity index (χ2n) is 4.67. The number of esters is 1. The number of hydrogen-bond donors (Lipinski definition) is 2. The molecule has 1 heterocycles. The molecule has 0 amide bonds. The van der Waals surface area contributed by atoms with Gasteiger partial charge in [-0.1, -0.05) is 6.07 Å². The highest BCUT2D eigenvalue weighted by Crippen LogP contribution is 2.12. The van der Waals surface area contributed by atoms with E-state index >= 15 is 0 Å². The quantitative estimate of drug-likeness (QED) is 0.768. The van der Waals surface area contributed by atoms with Crippen molar-refractivity contribution in [2.75, 3.05) is 6.61 Å². The van der Waals surface area contributed by atoms with Crippen molar-refractivity contribution in [2.24, 2.45) is 0 Å². The number of furan rings is 1. The number of ether oxygens (including phenoxy) is 1. The molecular formula is C16H18FNO4. The third-order valence-electron chi connectivity index (χ3n) is 3.05. The molecule has 0 bridgehead atoms. The molecule has 0 fully saturated rings. The fourth-order valence-electron chi connectivity index (χ4n) is 1.97. The summed E-state index contributed by atoms with van der Waals surface area (Å²) in [6.07, 6.45) is 0. The van der Waals surface area contributed by atoms with Crippen LogP contribution in [0.3, 0.4) is 0 Å². The van der Waals surface area contributed by atoms with Crippen LogP contribution in [0.2, 0.25) is 0 Å². The lowest BCUT2D eigenvalue weighted by Gasteiger charge is -2.06. The smallest absolute Gasteiger partial charge is 0.374 e. The van der Waals surface area contributed by atoms with Gasteiger partial charge in [0.25, 0.3) is 0 Å².